The fourth-order valence-electron chi connectivity index (χ4n) is 3.75. The number of carbonyl (C=O) groups excluding carboxylic acids is 1. The van der Waals surface area contributed by atoms with Crippen LogP contribution in [0.5, 0.6) is 5.75 Å². The highest BCUT2D eigenvalue weighted by Gasteiger charge is 2.26. The van der Waals surface area contributed by atoms with Crippen LogP contribution in [0.3, 0.4) is 0 Å². The van der Waals surface area contributed by atoms with E-state index in [1.807, 2.05) is 0 Å². The Balaban J connectivity index is 1.79. The van der Waals surface area contributed by atoms with Crippen molar-refractivity contribution in [2.75, 3.05) is 20.2 Å². The van der Waals surface area contributed by atoms with Crippen molar-refractivity contribution >= 4 is 5.91 Å². The Morgan fingerprint density at radius 1 is 1.26 bits per heavy atom. The molecule has 0 unspecified atom stereocenters. The first-order valence-electron chi connectivity index (χ1n) is 9.99. The van der Waals surface area contributed by atoms with Gasteiger partial charge in [-0.25, -0.2) is 9.07 Å². The van der Waals surface area contributed by atoms with Crippen LogP contribution in [0.15, 0.2) is 48.5 Å². The van der Waals surface area contributed by atoms with Gasteiger partial charge in [0.2, 0.25) is 0 Å². The maximum absolute atomic E-state index is 14.4. The monoisotopic (exact) mass is 419 g/mol. The van der Waals surface area contributed by atoms with E-state index in [-0.39, 0.29) is 23.4 Å². The molecule has 0 bridgehead atoms. The Hall–Kier alpha value is -3.70. The molecule has 1 amide bonds. The quantitative estimate of drug-likeness (QED) is 0.701. The number of likely N-dealkylation sites (tertiary alicyclic amines) is 1. The first kappa shape index (κ1) is 20.6. The van der Waals surface area contributed by atoms with Crippen LogP contribution in [0.4, 0.5) is 4.39 Å². The molecule has 2 aromatic carbocycles. The number of hydrogen-bond acceptors (Lipinski definition) is 5. The second kappa shape index (κ2) is 8.58. The normalized spacial score (nSPS) is 16.1. The van der Waals surface area contributed by atoms with Gasteiger partial charge in [-0.3, -0.25) is 4.79 Å². The molecule has 0 saturated carbocycles. The van der Waals surface area contributed by atoms with E-state index in [9.17, 15) is 9.18 Å². The Bertz CT molecular complexity index is 1150. The smallest absolute Gasteiger partial charge is 0.274 e. The van der Waals surface area contributed by atoms with Crippen molar-refractivity contribution in [1.82, 2.24) is 14.7 Å². The molecule has 31 heavy (non-hydrogen) atoms. The number of ether oxygens (including phenoxy) is 1. The standard InChI is InChI=1S/C23H22FN5O2/c1-31-22-9-8-18(11-19(22)24)29-21(16-6-4-15(13-25)5-7-16)12-20(27-29)23(30)28-10-2-3-17(26)14-28/h4-9,11-12,17H,2-3,10,14,26H2,1H3/t17-/m1/s1. The molecule has 0 radical (unpaired) electrons. The summed E-state index contributed by atoms with van der Waals surface area (Å²) in [7, 11) is 1.40. The molecule has 1 fully saturated rings. The van der Waals surface area contributed by atoms with Crippen molar-refractivity contribution in [3.63, 3.8) is 0 Å². The summed E-state index contributed by atoms with van der Waals surface area (Å²) in [5.41, 5.74) is 8.61. The van der Waals surface area contributed by atoms with Crippen LogP contribution in [0.25, 0.3) is 16.9 Å². The van der Waals surface area contributed by atoms with Gasteiger partial charge in [0, 0.05) is 30.8 Å². The molecule has 3 aromatic rings. The average Bonchev–Trinajstić information content (AvgIpc) is 3.24. The van der Waals surface area contributed by atoms with Crippen LogP contribution >= 0.6 is 0 Å². The SMILES string of the molecule is COc1ccc(-n2nc(C(=O)N3CCC[C@@H](N)C3)cc2-c2ccc(C#N)cc2)cc1F. The Kier molecular flexibility index (Phi) is 5.69. The van der Waals surface area contributed by atoms with Gasteiger partial charge >= 0.3 is 0 Å². The average molecular weight is 419 g/mol. The van der Waals surface area contributed by atoms with Crippen LogP contribution < -0.4 is 10.5 Å². The number of hydrogen-bond donors (Lipinski definition) is 1. The highest BCUT2D eigenvalue weighted by molar-refractivity contribution is 5.93. The van der Waals surface area contributed by atoms with Gasteiger partial charge in [-0.1, -0.05) is 12.1 Å². The molecule has 8 heteroatoms. The molecule has 1 saturated heterocycles. The number of aromatic nitrogens is 2. The third-order valence-corrected chi connectivity index (χ3v) is 5.36. The molecule has 0 spiro atoms. The van der Waals surface area contributed by atoms with Gasteiger partial charge in [0.05, 0.1) is 30.1 Å². The van der Waals surface area contributed by atoms with E-state index in [2.05, 4.69) is 11.2 Å². The Morgan fingerprint density at radius 3 is 2.68 bits per heavy atom. The second-order valence-electron chi connectivity index (χ2n) is 7.49. The summed E-state index contributed by atoms with van der Waals surface area (Å²) in [6.45, 7) is 1.11. The minimum absolute atomic E-state index is 0.0477. The number of nitrogens with zero attached hydrogens (tertiary/aromatic N) is 4. The van der Waals surface area contributed by atoms with Gasteiger partial charge in [0.1, 0.15) is 0 Å². The van der Waals surface area contributed by atoms with Gasteiger partial charge < -0.3 is 15.4 Å². The lowest BCUT2D eigenvalue weighted by Crippen LogP contribution is -2.45. The topological polar surface area (TPSA) is 97.2 Å². The van der Waals surface area contributed by atoms with E-state index in [0.717, 1.165) is 18.4 Å². The summed E-state index contributed by atoms with van der Waals surface area (Å²) in [6.07, 6.45) is 1.74. The summed E-state index contributed by atoms with van der Waals surface area (Å²) >= 11 is 0. The highest BCUT2D eigenvalue weighted by Crippen LogP contribution is 2.28. The molecule has 2 heterocycles. The molecular formula is C23H22FN5O2. The van der Waals surface area contributed by atoms with E-state index in [4.69, 9.17) is 15.7 Å². The Labute approximate surface area is 179 Å². The minimum Gasteiger partial charge on any atom is -0.494 e. The van der Waals surface area contributed by atoms with Crippen molar-refractivity contribution in [2.45, 2.75) is 18.9 Å². The number of nitrogens with two attached hydrogens (primary N) is 1. The number of piperidine rings is 1. The van der Waals surface area contributed by atoms with E-state index in [0.29, 0.717) is 30.0 Å². The van der Waals surface area contributed by atoms with Crippen LogP contribution in [-0.4, -0.2) is 46.8 Å². The van der Waals surface area contributed by atoms with Gasteiger partial charge in [-0.2, -0.15) is 10.4 Å². The summed E-state index contributed by atoms with van der Waals surface area (Å²) in [5, 5.41) is 13.6. The number of benzene rings is 2. The van der Waals surface area contributed by atoms with Gasteiger partial charge in [-0.15, -0.1) is 0 Å². The second-order valence-corrected chi connectivity index (χ2v) is 7.49. The van der Waals surface area contributed by atoms with Crippen LogP contribution in [0.1, 0.15) is 28.9 Å². The van der Waals surface area contributed by atoms with Crippen molar-refractivity contribution in [3.8, 4) is 28.8 Å². The van der Waals surface area contributed by atoms with Gasteiger partial charge in [-0.05, 0) is 43.2 Å². The summed E-state index contributed by atoms with van der Waals surface area (Å²) < 4.78 is 20.9. The predicted octanol–water partition coefficient (Wildman–Crippen LogP) is 3.12. The molecular weight excluding hydrogens is 397 g/mol. The zero-order chi connectivity index (χ0) is 22.0. The largest absolute Gasteiger partial charge is 0.494 e. The first-order chi connectivity index (χ1) is 15.0. The zero-order valence-corrected chi connectivity index (χ0v) is 17.1. The van der Waals surface area contributed by atoms with Crippen LogP contribution in [-0.2, 0) is 0 Å². The fourth-order valence-corrected chi connectivity index (χ4v) is 3.75. The fraction of sp³-hybridized carbons (Fsp3) is 0.261. The third-order valence-electron chi connectivity index (χ3n) is 5.36. The predicted molar refractivity (Wildman–Crippen MR) is 113 cm³/mol. The van der Waals surface area contributed by atoms with Crippen molar-refractivity contribution in [3.05, 3.63) is 65.6 Å². The minimum atomic E-state index is -0.531. The van der Waals surface area contributed by atoms with E-state index >= 15 is 0 Å². The third kappa shape index (κ3) is 4.13. The number of rotatable bonds is 4. The van der Waals surface area contributed by atoms with Crippen molar-refractivity contribution < 1.29 is 13.9 Å². The lowest BCUT2D eigenvalue weighted by molar-refractivity contribution is 0.0702. The van der Waals surface area contributed by atoms with Crippen molar-refractivity contribution in [2.24, 2.45) is 5.73 Å². The van der Waals surface area contributed by atoms with E-state index < -0.39 is 5.82 Å². The molecule has 2 N–H and O–H groups in total. The number of amides is 1. The highest BCUT2D eigenvalue weighted by atomic mass is 19.1. The number of halogens is 1. The molecule has 4 rings (SSSR count). The number of methoxy groups -OCH3 is 1. The number of carbonyl (C=O) groups is 1. The molecule has 158 valence electrons. The molecule has 1 aromatic heterocycles. The summed E-state index contributed by atoms with van der Waals surface area (Å²) in [4.78, 5) is 14.8. The molecule has 1 aliphatic heterocycles. The van der Waals surface area contributed by atoms with E-state index in [1.165, 1.54) is 23.9 Å². The van der Waals surface area contributed by atoms with Crippen LogP contribution in [0, 0.1) is 17.1 Å². The number of nitriles is 1. The van der Waals surface area contributed by atoms with Gasteiger partial charge in [0.25, 0.3) is 5.91 Å². The lowest BCUT2D eigenvalue weighted by Gasteiger charge is -2.30. The van der Waals surface area contributed by atoms with Crippen molar-refractivity contribution in [1.29, 1.82) is 5.26 Å². The van der Waals surface area contributed by atoms with Gasteiger partial charge in [0.15, 0.2) is 17.3 Å². The molecule has 7 nitrogen and oxygen atoms in total. The Morgan fingerprint density at radius 2 is 2.03 bits per heavy atom. The summed E-state index contributed by atoms with van der Waals surface area (Å²) in [5.74, 6) is -0.622. The van der Waals surface area contributed by atoms with E-state index in [1.54, 1.807) is 41.3 Å². The molecule has 0 aliphatic carbocycles. The maximum Gasteiger partial charge on any atom is 0.274 e. The lowest BCUT2D eigenvalue weighted by atomic mass is 10.1. The zero-order valence-electron chi connectivity index (χ0n) is 17.1. The molecule has 1 aliphatic rings. The molecule has 1 atom stereocenters. The first-order valence-corrected chi connectivity index (χ1v) is 9.99. The maximum atomic E-state index is 14.4. The van der Waals surface area contributed by atoms with Crippen LogP contribution in [0.2, 0.25) is 0 Å². The summed E-state index contributed by atoms with van der Waals surface area (Å²) in [6, 6.07) is 15.1.